The quantitative estimate of drug-likeness (QED) is 0.692. The smallest absolute Gasteiger partial charge is 0.262 e. The molecule has 126 valence electrons. The van der Waals surface area contributed by atoms with E-state index in [2.05, 4.69) is 10.6 Å². The highest BCUT2D eigenvalue weighted by atomic mass is 19.1. The van der Waals surface area contributed by atoms with Crippen molar-refractivity contribution in [2.45, 2.75) is 0 Å². The molecule has 0 fully saturated rings. The molecule has 3 aromatic carbocycles. The first kappa shape index (κ1) is 16.5. The highest BCUT2D eigenvalue weighted by molar-refractivity contribution is 5.92. The fraction of sp³-hybridized carbons (Fsp3) is 0.0500. The van der Waals surface area contributed by atoms with Crippen LogP contribution in [0.1, 0.15) is 0 Å². The van der Waals surface area contributed by atoms with Gasteiger partial charge >= 0.3 is 0 Å². The topological polar surface area (TPSA) is 50.4 Å². The molecule has 5 heteroatoms. The van der Waals surface area contributed by atoms with Gasteiger partial charge < -0.3 is 15.4 Å². The van der Waals surface area contributed by atoms with Crippen LogP contribution in [0.5, 0.6) is 5.75 Å². The number of rotatable bonds is 6. The number of carbonyl (C=O) groups excluding carboxylic acids is 1. The lowest BCUT2D eigenvalue weighted by Gasteiger charge is -2.10. The number of hydrogen-bond donors (Lipinski definition) is 2. The summed E-state index contributed by atoms with van der Waals surface area (Å²) in [5.74, 6) is -0.804. The summed E-state index contributed by atoms with van der Waals surface area (Å²) in [5, 5.41) is 5.98. The minimum atomic E-state index is -0.496. The van der Waals surface area contributed by atoms with E-state index in [0.29, 0.717) is 5.69 Å². The van der Waals surface area contributed by atoms with E-state index in [4.69, 9.17) is 4.74 Å². The fourth-order valence-electron chi connectivity index (χ4n) is 2.27. The van der Waals surface area contributed by atoms with Crippen molar-refractivity contribution in [3.8, 4) is 5.75 Å². The van der Waals surface area contributed by atoms with Crippen LogP contribution in [0.25, 0.3) is 0 Å². The monoisotopic (exact) mass is 336 g/mol. The Labute approximate surface area is 145 Å². The van der Waals surface area contributed by atoms with Crippen molar-refractivity contribution < 1.29 is 13.9 Å². The van der Waals surface area contributed by atoms with Crippen molar-refractivity contribution in [3.05, 3.63) is 84.7 Å². The lowest BCUT2D eigenvalue weighted by Crippen LogP contribution is -2.20. The molecule has 0 saturated carbocycles. The number of carbonyl (C=O) groups is 1. The predicted molar refractivity (Wildman–Crippen MR) is 96.7 cm³/mol. The molecule has 0 heterocycles. The largest absolute Gasteiger partial charge is 0.481 e. The van der Waals surface area contributed by atoms with E-state index in [9.17, 15) is 9.18 Å². The third-order valence-electron chi connectivity index (χ3n) is 3.40. The molecule has 0 aliphatic heterocycles. The van der Waals surface area contributed by atoms with Crippen molar-refractivity contribution >= 4 is 23.0 Å². The molecule has 0 aliphatic carbocycles. The molecule has 0 spiro atoms. The van der Waals surface area contributed by atoms with Gasteiger partial charge in [-0.3, -0.25) is 4.79 Å². The zero-order valence-corrected chi connectivity index (χ0v) is 13.4. The molecule has 2 N–H and O–H groups in total. The summed E-state index contributed by atoms with van der Waals surface area (Å²) in [5.41, 5.74) is 2.43. The molecule has 0 radical (unpaired) electrons. The Kier molecular flexibility index (Phi) is 5.26. The zero-order valence-electron chi connectivity index (χ0n) is 13.4. The molecule has 0 saturated heterocycles. The van der Waals surface area contributed by atoms with Crippen LogP contribution in [0.15, 0.2) is 78.9 Å². The van der Waals surface area contributed by atoms with Crippen molar-refractivity contribution in [1.82, 2.24) is 0 Å². The number of para-hydroxylation sites is 2. The van der Waals surface area contributed by atoms with Gasteiger partial charge in [0.15, 0.2) is 18.2 Å². The van der Waals surface area contributed by atoms with Gasteiger partial charge in [-0.05, 0) is 42.5 Å². The molecular formula is C20H17FN2O2. The Balaban J connectivity index is 1.58. The van der Waals surface area contributed by atoms with Crippen LogP contribution in [-0.4, -0.2) is 12.5 Å². The maximum absolute atomic E-state index is 13.5. The van der Waals surface area contributed by atoms with Gasteiger partial charge in [0.1, 0.15) is 0 Å². The second-order valence-electron chi connectivity index (χ2n) is 5.34. The number of anilines is 3. The van der Waals surface area contributed by atoms with E-state index >= 15 is 0 Å². The SMILES string of the molecule is O=C(COc1ccccc1F)Nc1cccc(Nc2ccccc2)c1. The number of benzene rings is 3. The first-order valence-corrected chi connectivity index (χ1v) is 7.80. The maximum Gasteiger partial charge on any atom is 0.262 e. The second kappa shape index (κ2) is 7.97. The van der Waals surface area contributed by atoms with E-state index < -0.39 is 5.82 Å². The van der Waals surface area contributed by atoms with E-state index in [0.717, 1.165) is 11.4 Å². The van der Waals surface area contributed by atoms with Crippen LogP contribution in [-0.2, 0) is 4.79 Å². The molecule has 3 aromatic rings. The number of nitrogens with one attached hydrogen (secondary N) is 2. The molecule has 3 rings (SSSR count). The summed E-state index contributed by atoms with van der Waals surface area (Å²) in [7, 11) is 0. The van der Waals surface area contributed by atoms with E-state index in [1.807, 2.05) is 48.5 Å². The van der Waals surface area contributed by atoms with Crippen LogP contribution in [0, 0.1) is 5.82 Å². The van der Waals surface area contributed by atoms with Gasteiger partial charge in [-0.15, -0.1) is 0 Å². The minimum Gasteiger partial charge on any atom is -0.481 e. The number of amides is 1. The Morgan fingerprint density at radius 1 is 0.840 bits per heavy atom. The van der Waals surface area contributed by atoms with Crippen LogP contribution in [0.4, 0.5) is 21.5 Å². The number of halogens is 1. The fourth-order valence-corrected chi connectivity index (χ4v) is 2.27. The van der Waals surface area contributed by atoms with Gasteiger partial charge in [0.2, 0.25) is 0 Å². The summed E-state index contributed by atoms with van der Waals surface area (Å²) in [6, 6.07) is 23.0. The van der Waals surface area contributed by atoms with Gasteiger partial charge in [-0.2, -0.15) is 0 Å². The normalized spacial score (nSPS) is 10.1. The molecule has 1 amide bonds. The van der Waals surface area contributed by atoms with E-state index in [-0.39, 0.29) is 18.3 Å². The highest BCUT2D eigenvalue weighted by Gasteiger charge is 2.07. The van der Waals surface area contributed by atoms with Crippen LogP contribution >= 0.6 is 0 Å². The van der Waals surface area contributed by atoms with Crippen molar-refractivity contribution in [1.29, 1.82) is 0 Å². The third kappa shape index (κ3) is 4.81. The molecular weight excluding hydrogens is 319 g/mol. The summed E-state index contributed by atoms with van der Waals surface area (Å²) in [4.78, 5) is 12.0. The first-order valence-electron chi connectivity index (χ1n) is 7.80. The molecule has 0 atom stereocenters. The van der Waals surface area contributed by atoms with Crippen LogP contribution in [0.2, 0.25) is 0 Å². The van der Waals surface area contributed by atoms with Gasteiger partial charge in [-0.1, -0.05) is 36.4 Å². The Hall–Kier alpha value is -3.34. The Morgan fingerprint density at radius 2 is 1.52 bits per heavy atom. The molecule has 4 nitrogen and oxygen atoms in total. The van der Waals surface area contributed by atoms with Crippen molar-refractivity contribution in [3.63, 3.8) is 0 Å². The Bertz CT molecular complexity index is 853. The van der Waals surface area contributed by atoms with Gasteiger partial charge in [0, 0.05) is 17.1 Å². The molecule has 0 unspecified atom stereocenters. The summed E-state index contributed by atoms with van der Waals surface area (Å²) in [6.45, 7) is -0.267. The average molecular weight is 336 g/mol. The van der Waals surface area contributed by atoms with Crippen molar-refractivity contribution in [2.75, 3.05) is 17.2 Å². The average Bonchev–Trinajstić information content (AvgIpc) is 2.62. The third-order valence-corrected chi connectivity index (χ3v) is 3.40. The Morgan fingerprint density at radius 3 is 2.32 bits per heavy atom. The van der Waals surface area contributed by atoms with Crippen LogP contribution in [0.3, 0.4) is 0 Å². The number of hydrogen-bond acceptors (Lipinski definition) is 3. The summed E-state index contributed by atoms with van der Waals surface area (Å²) in [6.07, 6.45) is 0. The predicted octanol–water partition coefficient (Wildman–Crippen LogP) is 4.59. The molecule has 0 aromatic heterocycles. The van der Waals surface area contributed by atoms with Crippen LogP contribution < -0.4 is 15.4 Å². The zero-order chi connectivity index (χ0) is 17.5. The molecule has 0 aliphatic rings. The van der Waals surface area contributed by atoms with Gasteiger partial charge in [0.05, 0.1) is 0 Å². The highest BCUT2D eigenvalue weighted by Crippen LogP contribution is 2.20. The maximum atomic E-state index is 13.5. The standard InChI is InChI=1S/C20H17FN2O2/c21-18-11-4-5-12-19(18)25-14-20(24)23-17-10-6-9-16(13-17)22-15-7-2-1-3-8-15/h1-13,22H,14H2,(H,23,24). The molecule has 25 heavy (non-hydrogen) atoms. The summed E-state index contributed by atoms with van der Waals surface area (Å²) < 4.78 is 18.7. The molecule has 0 bridgehead atoms. The second-order valence-corrected chi connectivity index (χ2v) is 5.34. The first-order chi connectivity index (χ1) is 12.2. The van der Waals surface area contributed by atoms with E-state index in [1.54, 1.807) is 18.2 Å². The minimum absolute atomic E-state index is 0.0529. The van der Waals surface area contributed by atoms with E-state index in [1.165, 1.54) is 12.1 Å². The van der Waals surface area contributed by atoms with Gasteiger partial charge in [-0.25, -0.2) is 4.39 Å². The van der Waals surface area contributed by atoms with Gasteiger partial charge in [0.25, 0.3) is 5.91 Å². The number of ether oxygens (including phenoxy) is 1. The van der Waals surface area contributed by atoms with Crippen molar-refractivity contribution in [2.24, 2.45) is 0 Å². The lowest BCUT2D eigenvalue weighted by molar-refractivity contribution is -0.118. The lowest BCUT2D eigenvalue weighted by atomic mass is 10.2. The summed E-state index contributed by atoms with van der Waals surface area (Å²) >= 11 is 0.